The molecule has 12 heteroatoms. The number of anilines is 1. The molecule has 0 radical (unpaired) electrons. The summed E-state index contributed by atoms with van der Waals surface area (Å²) in [7, 11) is -3.81. The van der Waals surface area contributed by atoms with Gasteiger partial charge in [-0.2, -0.15) is 31.8 Å². The van der Waals surface area contributed by atoms with E-state index in [1.165, 1.54) is 6.08 Å². The molecule has 0 aromatic carbocycles. The van der Waals surface area contributed by atoms with Crippen molar-refractivity contribution < 1.29 is 25.8 Å². The average Bonchev–Trinajstić information content (AvgIpc) is 3.27. The van der Waals surface area contributed by atoms with E-state index < -0.39 is 15.6 Å². The van der Waals surface area contributed by atoms with Crippen LogP contribution in [0.4, 0.5) is 18.9 Å². The van der Waals surface area contributed by atoms with Gasteiger partial charge in [0, 0.05) is 50.1 Å². The molecule has 29 heavy (non-hydrogen) atoms. The second kappa shape index (κ2) is 6.79. The summed E-state index contributed by atoms with van der Waals surface area (Å²) in [4.78, 5) is 1.89. The summed E-state index contributed by atoms with van der Waals surface area (Å²) in [5.74, 6) is -0.214. The number of hydrogen-bond donors (Lipinski definition) is 0. The number of hydrogen-bond acceptors (Lipinski definition) is 6. The van der Waals surface area contributed by atoms with E-state index in [2.05, 4.69) is 14.4 Å². The van der Waals surface area contributed by atoms with Gasteiger partial charge >= 0.3 is 15.6 Å². The lowest BCUT2D eigenvalue weighted by molar-refractivity contribution is -0.0523. The number of halogens is 3. The molecule has 0 atom stereocenters. The minimum absolute atomic E-state index is 0.0282. The SMILES string of the molecule is Cn1cc(-c2ccc3c(N4CC=C(OS(=O)(=O)C(F)(F)F)CC4)cnn3c2)cn1. The van der Waals surface area contributed by atoms with E-state index in [1.54, 1.807) is 21.6 Å². The Morgan fingerprint density at radius 2 is 1.90 bits per heavy atom. The first-order valence-electron chi connectivity index (χ1n) is 8.55. The molecular formula is C17H16F3N5O3S. The van der Waals surface area contributed by atoms with Crippen LogP contribution in [0.25, 0.3) is 16.6 Å². The zero-order valence-corrected chi connectivity index (χ0v) is 16.0. The fraction of sp³-hybridized carbons (Fsp3) is 0.294. The van der Waals surface area contributed by atoms with Gasteiger partial charge in [-0.3, -0.25) is 4.68 Å². The van der Waals surface area contributed by atoms with Crippen molar-refractivity contribution in [1.82, 2.24) is 19.4 Å². The number of alkyl halides is 3. The van der Waals surface area contributed by atoms with E-state index in [1.807, 2.05) is 36.5 Å². The summed E-state index contributed by atoms with van der Waals surface area (Å²) in [6.07, 6.45) is 8.52. The van der Waals surface area contributed by atoms with Gasteiger partial charge in [-0.05, 0) is 12.1 Å². The van der Waals surface area contributed by atoms with Gasteiger partial charge in [0.05, 0.1) is 23.6 Å². The van der Waals surface area contributed by atoms with Gasteiger partial charge in [-0.15, -0.1) is 0 Å². The van der Waals surface area contributed by atoms with Crippen molar-refractivity contribution in [3.63, 3.8) is 0 Å². The van der Waals surface area contributed by atoms with Gasteiger partial charge in [-0.25, -0.2) is 4.52 Å². The lowest BCUT2D eigenvalue weighted by Gasteiger charge is -2.27. The molecule has 1 aliphatic heterocycles. The molecule has 4 rings (SSSR count). The van der Waals surface area contributed by atoms with Crippen LogP contribution >= 0.6 is 0 Å². The first kappa shape index (κ1) is 19.3. The van der Waals surface area contributed by atoms with Gasteiger partial charge in [0.1, 0.15) is 5.76 Å². The van der Waals surface area contributed by atoms with Crippen LogP contribution in [0.5, 0.6) is 0 Å². The van der Waals surface area contributed by atoms with E-state index in [9.17, 15) is 21.6 Å². The van der Waals surface area contributed by atoms with E-state index >= 15 is 0 Å². The summed E-state index contributed by atoms with van der Waals surface area (Å²) in [6.45, 7) is 0.499. The maximum absolute atomic E-state index is 12.5. The number of rotatable bonds is 4. The number of pyridine rings is 1. The van der Waals surface area contributed by atoms with Crippen molar-refractivity contribution >= 4 is 21.3 Å². The second-order valence-electron chi connectivity index (χ2n) is 6.53. The second-order valence-corrected chi connectivity index (χ2v) is 8.07. The highest BCUT2D eigenvalue weighted by atomic mass is 32.2. The van der Waals surface area contributed by atoms with Gasteiger partial charge in [0.2, 0.25) is 0 Å². The Hall–Kier alpha value is -3.02. The molecule has 0 saturated heterocycles. The minimum atomic E-state index is -5.64. The third kappa shape index (κ3) is 3.67. The fourth-order valence-corrected chi connectivity index (χ4v) is 3.62. The monoisotopic (exact) mass is 427 g/mol. The van der Waals surface area contributed by atoms with E-state index in [0.717, 1.165) is 22.3 Å². The highest BCUT2D eigenvalue weighted by Crippen LogP contribution is 2.30. The van der Waals surface area contributed by atoms with Gasteiger partial charge in [0.15, 0.2) is 0 Å². The lowest BCUT2D eigenvalue weighted by Crippen LogP contribution is -2.31. The van der Waals surface area contributed by atoms with Gasteiger partial charge < -0.3 is 9.08 Å². The maximum atomic E-state index is 12.5. The summed E-state index contributed by atoms with van der Waals surface area (Å²) in [6, 6.07) is 3.83. The molecule has 0 saturated carbocycles. The molecule has 3 aromatic rings. The third-order valence-corrected chi connectivity index (χ3v) is 5.54. The Kier molecular flexibility index (Phi) is 4.52. The molecule has 8 nitrogen and oxygen atoms in total. The molecule has 0 spiro atoms. The van der Waals surface area contributed by atoms with E-state index in [0.29, 0.717) is 6.54 Å². The quantitative estimate of drug-likeness (QED) is 0.471. The van der Waals surface area contributed by atoms with Crippen LogP contribution < -0.4 is 4.90 Å². The molecule has 0 bridgehead atoms. The number of aryl methyl sites for hydroxylation is 1. The van der Waals surface area contributed by atoms with Gasteiger partial charge in [0.25, 0.3) is 0 Å². The number of nitrogens with zero attached hydrogens (tertiary/aromatic N) is 5. The van der Waals surface area contributed by atoms with Crippen LogP contribution in [0.15, 0.2) is 48.8 Å². The van der Waals surface area contributed by atoms with Crippen LogP contribution in [-0.2, 0) is 21.3 Å². The zero-order valence-electron chi connectivity index (χ0n) is 15.2. The number of fused-ring (bicyclic) bond motifs is 1. The van der Waals surface area contributed by atoms with Crippen LogP contribution in [0, 0.1) is 0 Å². The summed E-state index contributed by atoms with van der Waals surface area (Å²) in [5.41, 5.74) is -1.96. The largest absolute Gasteiger partial charge is 0.534 e. The molecule has 0 N–H and O–H groups in total. The van der Waals surface area contributed by atoms with E-state index in [4.69, 9.17) is 0 Å². The fourth-order valence-electron chi connectivity index (χ4n) is 3.09. The highest BCUT2D eigenvalue weighted by molar-refractivity contribution is 7.87. The van der Waals surface area contributed by atoms with Crippen LogP contribution in [-0.4, -0.2) is 46.4 Å². The molecule has 154 valence electrons. The summed E-state index contributed by atoms with van der Waals surface area (Å²) < 4.78 is 67.3. The Morgan fingerprint density at radius 3 is 2.52 bits per heavy atom. The Labute approximate surface area is 163 Å². The normalized spacial score (nSPS) is 15.6. The molecule has 0 aliphatic carbocycles. The van der Waals surface area contributed by atoms with Crippen molar-refractivity contribution in [2.24, 2.45) is 7.05 Å². The zero-order chi connectivity index (χ0) is 20.8. The van der Waals surface area contributed by atoms with Crippen LogP contribution in [0.1, 0.15) is 6.42 Å². The highest BCUT2D eigenvalue weighted by Gasteiger charge is 2.48. The van der Waals surface area contributed by atoms with Crippen molar-refractivity contribution in [2.75, 3.05) is 18.0 Å². The van der Waals surface area contributed by atoms with Crippen LogP contribution in [0.2, 0.25) is 0 Å². The molecule has 0 amide bonds. The van der Waals surface area contributed by atoms with Gasteiger partial charge in [-0.1, -0.05) is 6.07 Å². The minimum Gasteiger partial charge on any atom is -0.381 e. The predicted octanol–water partition coefficient (Wildman–Crippen LogP) is 2.70. The first-order chi connectivity index (χ1) is 13.6. The van der Waals surface area contributed by atoms with Crippen molar-refractivity contribution in [2.45, 2.75) is 11.9 Å². The first-order valence-corrected chi connectivity index (χ1v) is 9.96. The average molecular weight is 427 g/mol. The standard InChI is InChI=1S/C17H16F3N5O3S/c1-23-10-13(8-21-23)12-2-3-15-16(9-22-25(15)11-12)24-6-4-14(5-7-24)28-29(26,27)17(18,19)20/h2-4,8-11H,5-7H2,1H3. The Morgan fingerprint density at radius 1 is 1.10 bits per heavy atom. The van der Waals surface area contributed by atoms with Crippen molar-refractivity contribution in [1.29, 1.82) is 0 Å². The molecular weight excluding hydrogens is 411 g/mol. The Bertz CT molecular complexity index is 1200. The maximum Gasteiger partial charge on any atom is 0.534 e. The van der Waals surface area contributed by atoms with Crippen LogP contribution in [0.3, 0.4) is 0 Å². The van der Waals surface area contributed by atoms with E-state index in [-0.39, 0.29) is 18.7 Å². The van der Waals surface area contributed by atoms with Crippen molar-refractivity contribution in [3.8, 4) is 11.1 Å². The molecule has 0 fully saturated rings. The number of aromatic nitrogens is 4. The smallest absolute Gasteiger partial charge is 0.381 e. The third-order valence-electron chi connectivity index (χ3n) is 4.54. The molecule has 0 unspecified atom stereocenters. The Balaban J connectivity index is 1.53. The summed E-state index contributed by atoms with van der Waals surface area (Å²) >= 11 is 0. The molecule has 1 aliphatic rings. The molecule has 3 aromatic heterocycles. The van der Waals surface area contributed by atoms with Crippen molar-refractivity contribution in [3.05, 3.63) is 48.8 Å². The lowest BCUT2D eigenvalue weighted by atomic mass is 10.1. The topological polar surface area (TPSA) is 81.7 Å². The summed E-state index contributed by atoms with van der Waals surface area (Å²) in [5, 5.41) is 8.50. The molecule has 4 heterocycles. The predicted molar refractivity (Wildman–Crippen MR) is 98.4 cm³/mol.